The van der Waals surface area contributed by atoms with Crippen LogP contribution in [0.25, 0.3) is 11.3 Å². The molecule has 1 aromatic heterocycles. The molecule has 2 N–H and O–H groups in total. The summed E-state index contributed by atoms with van der Waals surface area (Å²) in [5.41, 5.74) is 10.1. The Morgan fingerprint density at radius 1 is 0.951 bits per heavy atom. The number of benzene rings is 4. The Morgan fingerprint density at radius 2 is 1.68 bits per heavy atom. The third kappa shape index (κ3) is 7.70. The van der Waals surface area contributed by atoms with Crippen LogP contribution in [0.1, 0.15) is 32.6 Å². The highest BCUT2D eigenvalue weighted by Gasteiger charge is 2.11. The molecule has 0 atom stereocenters. The van der Waals surface area contributed by atoms with Crippen molar-refractivity contribution in [3.8, 4) is 17.0 Å². The summed E-state index contributed by atoms with van der Waals surface area (Å²) >= 11 is 8.69. The third-order valence-electron chi connectivity index (χ3n) is 6.12. The number of thiazole rings is 1. The van der Waals surface area contributed by atoms with Gasteiger partial charge in [0.2, 0.25) is 0 Å². The summed E-state index contributed by atoms with van der Waals surface area (Å²) in [5.74, 6) is 0.398. The molecule has 4 aromatic carbocycles. The molecule has 0 aliphatic carbocycles. The SMILES string of the molecule is Cc1ccc(Nc2nc(-c3ccc(C(=O)N/N=C\c4cc(Br)c(OCc5cccc(C)c5)c(Br)c4)cc3)cs2)cc1. The number of hydrogen-bond donors (Lipinski definition) is 2. The lowest BCUT2D eigenvalue weighted by molar-refractivity contribution is 0.0955. The van der Waals surface area contributed by atoms with Crippen LogP contribution in [0.3, 0.4) is 0 Å². The minimum atomic E-state index is -0.302. The molecular weight excluding hydrogens is 664 g/mol. The van der Waals surface area contributed by atoms with Gasteiger partial charge < -0.3 is 10.1 Å². The van der Waals surface area contributed by atoms with Crippen LogP contribution in [-0.2, 0) is 6.61 Å². The zero-order chi connectivity index (χ0) is 28.8. The fourth-order valence-electron chi connectivity index (χ4n) is 4.00. The number of aromatic nitrogens is 1. The van der Waals surface area contributed by atoms with E-state index in [1.807, 2.05) is 53.9 Å². The number of rotatable bonds is 9. The number of carbonyl (C=O) groups excluding carboxylic acids is 1. The molecule has 0 aliphatic heterocycles. The number of nitrogens with zero attached hydrogens (tertiary/aromatic N) is 2. The number of halogens is 2. The molecule has 5 rings (SSSR count). The van der Waals surface area contributed by atoms with E-state index in [4.69, 9.17) is 4.74 Å². The van der Waals surface area contributed by atoms with E-state index in [1.54, 1.807) is 18.3 Å². The van der Waals surface area contributed by atoms with Crippen molar-refractivity contribution in [3.63, 3.8) is 0 Å². The number of hydrogen-bond acceptors (Lipinski definition) is 6. The largest absolute Gasteiger partial charge is 0.487 e. The Labute approximate surface area is 259 Å². The first-order valence-corrected chi connectivity index (χ1v) is 15.2. The third-order valence-corrected chi connectivity index (χ3v) is 8.05. The first-order chi connectivity index (χ1) is 19.8. The van der Waals surface area contributed by atoms with E-state index in [1.165, 1.54) is 22.5 Å². The van der Waals surface area contributed by atoms with Crippen molar-refractivity contribution in [1.29, 1.82) is 0 Å². The fourth-order valence-corrected chi connectivity index (χ4v) is 6.19. The van der Waals surface area contributed by atoms with Crippen LogP contribution in [-0.4, -0.2) is 17.1 Å². The second-order valence-electron chi connectivity index (χ2n) is 9.40. The zero-order valence-corrected chi connectivity index (χ0v) is 26.3. The lowest BCUT2D eigenvalue weighted by atomic mass is 10.1. The maximum atomic E-state index is 12.7. The average molecular weight is 690 g/mol. The molecule has 0 spiro atoms. The predicted molar refractivity (Wildman–Crippen MR) is 174 cm³/mol. The van der Waals surface area contributed by atoms with Gasteiger partial charge in [0.05, 0.1) is 20.9 Å². The fraction of sp³-hybridized carbons (Fsp3) is 0.0938. The molecule has 206 valence electrons. The van der Waals surface area contributed by atoms with Gasteiger partial charge in [-0.15, -0.1) is 11.3 Å². The first kappa shape index (κ1) is 28.7. The summed E-state index contributed by atoms with van der Waals surface area (Å²) in [6.07, 6.45) is 1.59. The van der Waals surface area contributed by atoms with E-state index in [-0.39, 0.29) is 5.91 Å². The number of carbonyl (C=O) groups is 1. The summed E-state index contributed by atoms with van der Waals surface area (Å²) in [5, 5.41) is 10.3. The van der Waals surface area contributed by atoms with Crippen LogP contribution in [0.4, 0.5) is 10.8 Å². The van der Waals surface area contributed by atoms with Crippen LogP contribution in [0.5, 0.6) is 5.75 Å². The molecule has 1 heterocycles. The van der Waals surface area contributed by atoms with Crippen molar-refractivity contribution in [1.82, 2.24) is 10.4 Å². The predicted octanol–water partition coefficient (Wildman–Crippen LogP) is 9.04. The summed E-state index contributed by atoms with van der Waals surface area (Å²) in [6.45, 7) is 4.57. The van der Waals surface area contributed by atoms with Crippen LogP contribution in [0.2, 0.25) is 0 Å². The van der Waals surface area contributed by atoms with Crippen LogP contribution >= 0.6 is 43.2 Å². The number of hydrazone groups is 1. The van der Waals surface area contributed by atoms with Gasteiger partial charge >= 0.3 is 0 Å². The van der Waals surface area contributed by atoms with Crippen molar-refractivity contribution in [2.75, 3.05) is 5.32 Å². The molecule has 0 saturated heterocycles. The van der Waals surface area contributed by atoms with Crippen LogP contribution in [0.15, 0.2) is 104 Å². The van der Waals surface area contributed by atoms with E-state index < -0.39 is 0 Å². The van der Waals surface area contributed by atoms with Gasteiger partial charge in [0, 0.05) is 22.2 Å². The van der Waals surface area contributed by atoms with Gasteiger partial charge in [-0.2, -0.15) is 5.10 Å². The van der Waals surface area contributed by atoms with Gasteiger partial charge in [-0.3, -0.25) is 4.79 Å². The van der Waals surface area contributed by atoms with Gasteiger partial charge in [-0.25, -0.2) is 10.4 Å². The van der Waals surface area contributed by atoms with Crippen molar-refractivity contribution >= 4 is 66.1 Å². The Hall–Kier alpha value is -3.79. The second-order valence-corrected chi connectivity index (χ2v) is 12.0. The number of amides is 1. The van der Waals surface area contributed by atoms with Crippen molar-refractivity contribution < 1.29 is 9.53 Å². The Bertz CT molecular complexity index is 1680. The molecular formula is C32H26Br2N4O2S. The van der Waals surface area contributed by atoms with E-state index >= 15 is 0 Å². The van der Waals surface area contributed by atoms with E-state index in [0.717, 1.165) is 42.1 Å². The minimum absolute atomic E-state index is 0.302. The Morgan fingerprint density at radius 3 is 2.39 bits per heavy atom. The van der Waals surface area contributed by atoms with Gasteiger partial charge in [-0.05, 0) is 93.2 Å². The van der Waals surface area contributed by atoms with Crippen molar-refractivity contribution in [2.24, 2.45) is 5.10 Å². The quantitative estimate of drug-likeness (QED) is 0.120. The van der Waals surface area contributed by atoms with Crippen LogP contribution in [0, 0.1) is 13.8 Å². The van der Waals surface area contributed by atoms with E-state index in [0.29, 0.717) is 17.9 Å². The summed E-state index contributed by atoms with van der Waals surface area (Å²) in [4.78, 5) is 17.3. The molecule has 0 aliphatic rings. The Balaban J connectivity index is 1.16. The molecule has 0 saturated carbocycles. The maximum Gasteiger partial charge on any atom is 0.271 e. The molecule has 6 nitrogen and oxygen atoms in total. The molecule has 0 bridgehead atoms. The number of nitrogens with one attached hydrogen (secondary N) is 2. The van der Waals surface area contributed by atoms with Crippen LogP contribution < -0.4 is 15.5 Å². The highest BCUT2D eigenvalue weighted by atomic mass is 79.9. The lowest BCUT2D eigenvalue weighted by Gasteiger charge is -2.11. The van der Waals surface area contributed by atoms with Gasteiger partial charge in [0.15, 0.2) is 5.13 Å². The standard InChI is InChI=1S/C32H26Br2N4O2S/c1-20-6-12-26(13-7-20)36-32-37-29(19-41-32)24-8-10-25(11-9-24)31(39)38-35-17-23-15-27(33)30(28(34)16-23)40-18-22-5-3-4-21(2)14-22/h3-17,19H,18H2,1-2H3,(H,36,37)(H,38,39)/b35-17-. The molecule has 0 unspecified atom stereocenters. The molecule has 41 heavy (non-hydrogen) atoms. The molecule has 0 radical (unpaired) electrons. The number of anilines is 2. The zero-order valence-electron chi connectivity index (χ0n) is 22.3. The first-order valence-electron chi connectivity index (χ1n) is 12.7. The summed E-state index contributed by atoms with van der Waals surface area (Å²) < 4.78 is 7.58. The number of ether oxygens (including phenoxy) is 1. The summed E-state index contributed by atoms with van der Waals surface area (Å²) in [7, 11) is 0. The highest BCUT2D eigenvalue weighted by molar-refractivity contribution is 9.11. The van der Waals surface area contributed by atoms with Gasteiger partial charge in [-0.1, -0.05) is 59.7 Å². The van der Waals surface area contributed by atoms with E-state index in [2.05, 4.69) is 90.8 Å². The Kier molecular flexibility index (Phi) is 9.28. The smallest absolute Gasteiger partial charge is 0.271 e. The monoisotopic (exact) mass is 688 g/mol. The van der Waals surface area contributed by atoms with Gasteiger partial charge in [0.1, 0.15) is 12.4 Å². The molecule has 9 heteroatoms. The second kappa shape index (κ2) is 13.2. The molecule has 0 fully saturated rings. The van der Waals surface area contributed by atoms with E-state index in [9.17, 15) is 4.79 Å². The normalized spacial score (nSPS) is 11.0. The average Bonchev–Trinajstić information content (AvgIpc) is 3.42. The number of aryl methyl sites for hydroxylation is 2. The molecule has 1 amide bonds. The van der Waals surface area contributed by atoms with Gasteiger partial charge in [0.25, 0.3) is 5.91 Å². The summed E-state index contributed by atoms with van der Waals surface area (Å²) in [6, 6.07) is 27.4. The topological polar surface area (TPSA) is 75.6 Å². The van der Waals surface area contributed by atoms with Crippen molar-refractivity contribution in [2.45, 2.75) is 20.5 Å². The molecule has 5 aromatic rings. The lowest BCUT2D eigenvalue weighted by Crippen LogP contribution is -2.17. The highest BCUT2D eigenvalue weighted by Crippen LogP contribution is 2.35. The van der Waals surface area contributed by atoms with Crippen molar-refractivity contribution in [3.05, 3.63) is 127 Å². The maximum absolute atomic E-state index is 12.7. The minimum Gasteiger partial charge on any atom is -0.487 e.